The molecule has 22 heavy (non-hydrogen) atoms. The number of benzene rings is 2. The molecule has 0 saturated carbocycles. The van der Waals surface area contributed by atoms with Crippen molar-refractivity contribution < 1.29 is 14.0 Å². The van der Waals surface area contributed by atoms with E-state index in [1.807, 2.05) is 6.92 Å². The molecule has 0 atom stereocenters. The van der Waals surface area contributed by atoms with Crippen LogP contribution in [-0.4, -0.2) is 11.8 Å². The maximum absolute atomic E-state index is 13.1. The van der Waals surface area contributed by atoms with Gasteiger partial charge in [0.1, 0.15) is 5.82 Å². The Morgan fingerprint density at radius 3 is 2.32 bits per heavy atom. The Labute approximate surface area is 128 Å². The molecule has 114 valence electrons. The molecule has 0 aliphatic rings. The van der Waals surface area contributed by atoms with Crippen LogP contribution in [0.15, 0.2) is 42.5 Å². The van der Waals surface area contributed by atoms with E-state index < -0.39 is 0 Å². The predicted octanol–water partition coefficient (Wildman–Crippen LogP) is 3.27. The summed E-state index contributed by atoms with van der Waals surface area (Å²) in [5, 5.41) is 5.48. The first-order valence-corrected chi connectivity index (χ1v) is 6.87. The number of rotatable bonds is 4. The highest BCUT2D eigenvalue weighted by Crippen LogP contribution is 2.23. The normalized spacial score (nSPS) is 10.1. The summed E-state index contributed by atoms with van der Waals surface area (Å²) in [5.41, 5.74) is 2.64. The molecule has 0 aliphatic heterocycles. The molecule has 2 aromatic rings. The molecule has 2 rings (SSSR count). The monoisotopic (exact) mass is 300 g/mol. The quantitative estimate of drug-likeness (QED) is 0.910. The van der Waals surface area contributed by atoms with Gasteiger partial charge in [0.15, 0.2) is 0 Å². The maximum atomic E-state index is 13.1. The van der Waals surface area contributed by atoms with E-state index in [0.717, 1.165) is 5.56 Å². The maximum Gasteiger partial charge on any atom is 0.228 e. The topological polar surface area (TPSA) is 58.2 Å². The van der Waals surface area contributed by atoms with Crippen LogP contribution >= 0.6 is 0 Å². The van der Waals surface area contributed by atoms with Gasteiger partial charge in [-0.15, -0.1) is 0 Å². The zero-order valence-electron chi connectivity index (χ0n) is 12.4. The Morgan fingerprint density at radius 1 is 1.05 bits per heavy atom. The van der Waals surface area contributed by atoms with Gasteiger partial charge in [0, 0.05) is 18.3 Å². The van der Waals surface area contributed by atoms with Gasteiger partial charge in [-0.3, -0.25) is 9.59 Å². The van der Waals surface area contributed by atoms with Crippen molar-refractivity contribution in [2.24, 2.45) is 0 Å². The van der Waals surface area contributed by atoms with Crippen LogP contribution in [0.3, 0.4) is 0 Å². The van der Waals surface area contributed by atoms with Crippen molar-refractivity contribution in [2.45, 2.75) is 20.3 Å². The molecule has 0 unspecified atom stereocenters. The average molecular weight is 300 g/mol. The lowest BCUT2D eigenvalue weighted by atomic mass is 10.1. The van der Waals surface area contributed by atoms with E-state index in [-0.39, 0.29) is 24.1 Å². The third-order valence-corrected chi connectivity index (χ3v) is 3.17. The van der Waals surface area contributed by atoms with E-state index >= 15 is 0 Å². The van der Waals surface area contributed by atoms with Crippen LogP contribution in [0.25, 0.3) is 0 Å². The molecular weight excluding hydrogens is 283 g/mol. The Bertz CT molecular complexity index is 714. The van der Waals surface area contributed by atoms with Crippen molar-refractivity contribution >= 4 is 23.2 Å². The first-order valence-electron chi connectivity index (χ1n) is 6.87. The molecule has 0 bridgehead atoms. The zero-order valence-corrected chi connectivity index (χ0v) is 12.4. The molecule has 0 aromatic heterocycles. The summed E-state index contributed by atoms with van der Waals surface area (Å²) in [7, 11) is 0. The number of carbonyl (C=O) groups is 2. The lowest BCUT2D eigenvalue weighted by Gasteiger charge is -2.12. The lowest BCUT2D eigenvalue weighted by Crippen LogP contribution is -2.16. The molecule has 5 heteroatoms. The van der Waals surface area contributed by atoms with E-state index in [9.17, 15) is 14.0 Å². The molecule has 0 heterocycles. The molecule has 0 aliphatic carbocycles. The van der Waals surface area contributed by atoms with Crippen molar-refractivity contribution in [2.75, 3.05) is 10.6 Å². The summed E-state index contributed by atoms with van der Waals surface area (Å²) in [6, 6.07) is 11.2. The minimum Gasteiger partial charge on any atom is -0.326 e. The fourth-order valence-corrected chi connectivity index (χ4v) is 2.12. The highest BCUT2D eigenvalue weighted by molar-refractivity contribution is 5.95. The van der Waals surface area contributed by atoms with E-state index in [4.69, 9.17) is 0 Å². The molecule has 4 nitrogen and oxygen atoms in total. The Morgan fingerprint density at radius 2 is 1.68 bits per heavy atom. The number of carbonyl (C=O) groups excluding carboxylic acids is 2. The largest absolute Gasteiger partial charge is 0.326 e. The van der Waals surface area contributed by atoms with Crippen LogP contribution in [0.4, 0.5) is 15.8 Å². The summed E-state index contributed by atoms with van der Waals surface area (Å²) < 4.78 is 13.1. The molecule has 0 spiro atoms. The molecule has 2 amide bonds. The van der Waals surface area contributed by atoms with Gasteiger partial charge < -0.3 is 10.6 Å². The third-order valence-electron chi connectivity index (χ3n) is 3.17. The second-order valence-electron chi connectivity index (χ2n) is 5.01. The minimum atomic E-state index is -0.367. The van der Waals surface area contributed by atoms with Crippen LogP contribution < -0.4 is 10.6 Å². The van der Waals surface area contributed by atoms with Gasteiger partial charge >= 0.3 is 0 Å². The van der Waals surface area contributed by atoms with Crippen molar-refractivity contribution in [3.05, 3.63) is 59.4 Å². The predicted molar refractivity (Wildman–Crippen MR) is 84.2 cm³/mol. The van der Waals surface area contributed by atoms with E-state index in [1.54, 1.807) is 30.3 Å². The van der Waals surface area contributed by atoms with Crippen LogP contribution in [0, 0.1) is 12.7 Å². The van der Waals surface area contributed by atoms with Crippen molar-refractivity contribution in [1.29, 1.82) is 0 Å². The van der Waals surface area contributed by atoms with Crippen molar-refractivity contribution in [3.8, 4) is 0 Å². The van der Waals surface area contributed by atoms with E-state index in [0.29, 0.717) is 16.9 Å². The number of anilines is 2. The number of hydrogen-bond acceptors (Lipinski definition) is 2. The zero-order chi connectivity index (χ0) is 16.1. The standard InChI is InChI=1S/C17H17FN2O2/c1-11-15(19-12(2)21)7-4-8-16(11)20-17(22)10-13-5-3-6-14(18)9-13/h3-9H,10H2,1-2H3,(H,19,21)(H,20,22). The molecule has 0 saturated heterocycles. The lowest BCUT2D eigenvalue weighted by molar-refractivity contribution is -0.115. The van der Waals surface area contributed by atoms with Crippen LogP contribution in [-0.2, 0) is 16.0 Å². The molecule has 0 radical (unpaired) electrons. The first kappa shape index (κ1) is 15.7. The molecule has 0 fully saturated rings. The summed E-state index contributed by atoms with van der Waals surface area (Å²) in [6.07, 6.45) is 0.0849. The van der Waals surface area contributed by atoms with Gasteiger partial charge in [-0.2, -0.15) is 0 Å². The van der Waals surface area contributed by atoms with Gasteiger partial charge in [0.2, 0.25) is 11.8 Å². The van der Waals surface area contributed by atoms with Gasteiger partial charge in [-0.25, -0.2) is 4.39 Å². The Balaban J connectivity index is 2.10. The van der Waals surface area contributed by atoms with Crippen LogP contribution in [0.5, 0.6) is 0 Å². The van der Waals surface area contributed by atoms with Crippen molar-refractivity contribution in [3.63, 3.8) is 0 Å². The number of amides is 2. The summed E-state index contributed by atoms with van der Waals surface area (Å²) >= 11 is 0. The van der Waals surface area contributed by atoms with Gasteiger partial charge in [0.05, 0.1) is 6.42 Å². The smallest absolute Gasteiger partial charge is 0.228 e. The second kappa shape index (κ2) is 6.85. The average Bonchev–Trinajstić information content (AvgIpc) is 2.42. The van der Waals surface area contributed by atoms with Crippen LogP contribution in [0.1, 0.15) is 18.1 Å². The summed E-state index contributed by atoms with van der Waals surface area (Å²) in [5.74, 6) is -0.783. The fourth-order valence-electron chi connectivity index (χ4n) is 2.12. The van der Waals surface area contributed by atoms with E-state index in [2.05, 4.69) is 10.6 Å². The fraction of sp³-hybridized carbons (Fsp3) is 0.176. The highest BCUT2D eigenvalue weighted by Gasteiger charge is 2.09. The molecule has 2 N–H and O–H groups in total. The molecular formula is C17H17FN2O2. The SMILES string of the molecule is CC(=O)Nc1cccc(NC(=O)Cc2cccc(F)c2)c1C. The van der Waals surface area contributed by atoms with Gasteiger partial charge in [-0.05, 0) is 42.3 Å². The number of nitrogens with one attached hydrogen (secondary N) is 2. The first-order chi connectivity index (χ1) is 10.5. The summed E-state index contributed by atoms with van der Waals surface area (Å²) in [4.78, 5) is 23.2. The minimum absolute atomic E-state index is 0.0849. The van der Waals surface area contributed by atoms with Gasteiger partial charge in [0.25, 0.3) is 0 Å². The summed E-state index contributed by atoms with van der Waals surface area (Å²) in [6.45, 7) is 3.23. The Hall–Kier alpha value is -2.69. The third kappa shape index (κ3) is 4.15. The number of hydrogen-bond donors (Lipinski definition) is 2. The highest BCUT2D eigenvalue weighted by atomic mass is 19.1. The number of halogens is 1. The second-order valence-corrected chi connectivity index (χ2v) is 5.01. The van der Waals surface area contributed by atoms with Gasteiger partial charge in [-0.1, -0.05) is 18.2 Å². The van der Waals surface area contributed by atoms with E-state index in [1.165, 1.54) is 19.1 Å². The van der Waals surface area contributed by atoms with Crippen molar-refractivity contribution in [1.82, 2.24) is 0 Å². The van der Waals surface area contributed by atoms with Crippen LogP contribution in [0.2, 0.25) is 0 Å². The Kier molecular flexibility index (Phi) is 4.88. The molecule has 2 aromatic carbocycles.